The molecule has 0 saturated carbocycles. The van der Waals surface area contributed by atoms with Gasteiger partial charge in [-0.1, -0.05) is 19.1 Å². The number of ether oxygens (including phenoxy) is 1. The van der Waals surface area contributed by atoms with Crippen molar-refractivity contribution < 1.29 is 23.5 Å². The third-order valence-electron chi connectivity index (χ3n) is 8.11. The first kappa shape index (κ1) is 26.3. The molecule has 3 amide bonds. The first-order valence-electron chi connectivity index (χ1n) is 13.4. The summed E-state index contributed by atoms with van der Waals surface area (Å²) in [5, 5.41) is 0. The fraction of sp³-hybridized carbons (Fsp3) is 0.483. The van der Waals surface area contributed by atoms with E-state index in [0.717, 1.165) is 19.5 Å². The van der Waals surface area contributed by atoms with Crippen LogP contribution in [0, 0.1) is 5.82 Å². The molecule has 3 saturated heterocycles. The van der Waals surface area contributed by atoms with E-state index in [1.807, 2.05) is 31.3 Å². The number of amides is 3. The van der Waals surface area contributed by atoms with E-state index < -0.39 is 17.6 Å². The zero-order chi connectivity index (χ0) is 26.9. The molecule has 3 fully saturated rings. The van der Waals surface area contributed by atoms with Crippen molar-refractivity contribution in [2.24, 2.45) is 0 Å². The van der Waals surface area contributed by atoms with Crippen LogP contribution in [0.3, 0.4) is 0 Å². The monoisotopic (exact) mass is 522 g/mol. The Morgan fingerprint density at radius 2 is 1.42 bits per heavy atom. The standard InChI is InChI=1S/C29H35FN4O4/c1-3-21-4-6-22(7-5-21)26(35)32-14-12-29(13-15-32)34(27(36)23-8-10-24(30)11-9-23)25(20-38-29)28(37)33-18-16-31(2)17-19-33/h4-11,25H,3,12-20H2,1-2H3/t25-/m0/s1. The Morgan fingerprint density at radius 3 is 2.03 bits per heavy atom. The third kappa shape index (κ3) is 5.05. The number of piperidine rings is 1. The van der Waals surface area contributed by atoms with Gasteiger partial charge in [0.25, 0.3) is 11.8 Å². The van der Waals surface area contributed by atoms with Gasteiger partial charge in [-0.15, -0.1) is 0 Å². The zero-order valence-corrected chi connectivity index (χ0v) is 22.1. The van der Waals surface area contributed by atoms with E-state index in [0.29, 0.717) is 50.1 Å². The number of carbonyl (C=O) groups is 3. The summed E-state index contributed by atoms with van der Waals surface area (Å²) in [5.41, 5.74) is 1.11. The lowest BCUT2D eigenvalue weighted by Gasteiger charge is -2.45. The summed E-state index contributed by atoms with van der Waals surface area (Å²) in [5.74, 6) is -0.968. The molecule has 0 N–H and O–H groups in total. The summed E-state index contributed by atoms with van der Waals surface area (Å²) in [6.45, 7) is 5.70. The van der Waals surface area contributed by atoms with Crippen molar-refractivity contribution in [3.8, 4) is 0 Å². The predicted octanol–water partition coefficient (Wildman–Crippen LogP) is 2.64. The second-order valence-corrected chi connectivity index (χ2v) is 10.4. The van der Waals surface area contributed by atoms with Crippen molar-refractivity contribution in [3.05, 3.63) is 71.0 Å². The van der Waals surface area contributed by atoms with Gasteiger partial charge in [-0.2, -0.15) is 0 Å². The minimum absolute atomic E-state index is 0.0537. The lowest BCUT2D eigenvalue weighted by Crippen LogP contribution is -2.61. The molecule has 1 atom stereocenters. The fourth-order valence-electron chi connectivity index (χ4n) is 5.65. The summed E-state index contributed by atoms with van der Waals surface area (Å²) in [6, 6.07) is 12.3. The highest BCUT2D eigenvalue weighted by atomic mass is 19.1. The van der Waals surface area contributed by atoms with Crippen molar-refractivity contribution in [1.29, 1.82) is 0 Å². The maximum absolute atomic E-state index is 13.8. The predicted molar refractivity (Wildman–Crippen MR) is 140 cm³/mol. The summed E-state index contributed by atoms with van der Waals surface area (Å²) in [6.07, 6.45) is 1.69. The van der Waals surface area contributed by atoms with E-state index in [1.54, 1.807) is 14.7 Å². The van der Waals surface area contributed by atoms with Crippen molar-refractivity contribution in [1.82, 2.24) is 19.6 Å². The molecular formula is C29H35FN4O4. The van der Waals surface area contributed by atoms with Crippen molar-refractivity contribution in [2.75, 3.05) is 52.9 Å². The summed E-state index contributed by atoms with van der Waals surface area (Å²) >= 11 is 0. The molecule has 9 heteroatoms. The molecule has 3 aliphatic heterocycles. The molecule has 202 valence electrons. The Morgan fingerprint density at radius 1 is 0.842 bits per heavy atom. The SMILES string of the molecule is CCc1ccc(C(=O)N2CCC3(CC2)OC[C@@H](C(=O)N2CCN(C)CC2)N3C(=O)c2ccc(F)cc2)cc1. The average Bonchev–Trinajstić information content (AvgIpc) is 3.31. The quantitative estimate of drug-likeness (QED) is 0.618. The molecule has 1 spiro atoms. The number of halogens is 1. The minimum Gasteiger partial charge on any atom is -0.353 e. The second kappa shape index (κ2) is 10.8. The molecule has 3 aliphatic rings. The van der Waals surface area contributed by atoms with Crippen LogP contribution in [0.5, 0.6) is 0 Å². The molecule has 0 aliphatic carbocycles. The Hall–Kier alpha value is -3.30. The van der Waals surface area contributed by atoms with Crippen molar-refractivity contribution >= 4 is 17.7 Å². The van der Waals surface area contributed by atoms with Crippen LogP contribution in [-0.4, -0.2) is 102 Å². The normalized spacial score (nSPS) is 21.7. The Labute approximate surface area is 222 Å². The van der Waals surface area contributed by atoms with Gasteiger partial charge in [0.1, 0.15) is 17.6 Å². The molecule has 8 nitrogen and oxygen atoms in total. The van der Waals surface area contributed by atoms with E-state index in [9.17, 15) is 18.8 Å². The minimum atomic E-state index is -0.999. The number of nitrogens with zero attached hydrogens (tertiary/aromatic N) is 4. The summed E-state index contributed by atoms with van der Waals surface area (Å²) in [7, 11) is 2.02. The van der Waals surface area contributed by atoms with Crippen LogP contribution in [0.25, 0.3) is 0 Å². The molecular weight excluding hydrogens is 487 g/mol. The lowest BCUT2D eigenvalue weighted by atomic mass is 9.95. The van der Waals surface area contributed by atoms with Gasteiger partial charge in [-0.05, 0) is 55.4 Å². The molecule has 2 aromatic carbocycles. The van der Waals surface area contributed by atoms with Crippen molar-refractivity contribution in [3.63, 3.8) is 0 Å². The van der Waals surface area contributed by atoms with E-state index >= 15 is 0 Å². The van der Waals surface area contributed by atoms with E-state index in [2.05, 4.69) is 11.8 Å². The zero-order valence-electron chi connectivity index (χ0n) is 22.1. The topological polar surface area (TPSA) is 73.4 Å². The van der Waals surface area contributed by atoms with Crippen LogP contribution < -0.4 is 0 Å². The van der Waals surface area contributed by atoms with Gasteiger partial charge in [0.15, 0.2) is 0 Å². The molecule has 5 rings (SSSR count). The largest absolute Gasteiger partial charge is 0.353 e. The highest BCUT2D eigenvalue weighted by Crippen LogP contribution is 2.39. The molecule has 0 radical (unpaired) electrons. The van der Waals surface area contributed by atoms with Crippen LogP contribution in [0.2, 0.25) is 0 Å². The molecule has 38 heavy (non-hydrogen) atoms. The van der Waals surface area contributed by atoms with Crippen molar-refractivity contribution in [2.45, 2.75) is 38.0 Å². The molecule has 2 aromatic rings. The molecule has 0 bridgehead atoms. The number of likely N-dealkylation sites (N-methyl/N-ethyl adjacent to an activating group) is 1. The van der Waals surface area contributed by atoms with Gasteiger partial charge < -0.3 is 19.4 Å². The molecule has 3 heterocycles. The lowest BCUT2D eigenvalue weighted by molar-refractivity contribution is -0.139. The number of rotatable bonds is 4. The van der Waals surface area contributed by atoms with Crippen LogP contribution >= 0.6 is 0 Å². The Kier molecular flexibility index (Phi) is 7.49. The summed E-state index contributed by atoms with van der Waals surface area (Å²) in [4.78, 5) is 48.0. The fourth-order valence-corrected chi connectivity index (χ4v) is 5.65. The molecule has 0 unspecified atom stereocenters. The third-order valence-corrected chi connectivity index (χ3v) is 8.11. The number of aryl methyl sites for hydroxylation is 1. The maximum Gasteiger partial charge on any atom is 0.256 e. The Bertz CT molecular complexity index is 1170. The van der Waals surface area contributed by atoms with Gasteiger partial charge in [-0.3, -0.25) is 19.3 Å². The maximum atomic E-state index is 13.8. The first-order chi connectivity index (χ1) is 18.3. The Balaban J connectivity index is 1.37. The second-order valence-electron chi connectivity index (χ2n) is 10.4. The van der Waals surface area contributed by atoms with E-state index in [1.165, 1.54) is 29.8 Å². The van der Waals surface area contributed by atoms with Crippen LogP contribution in [0.15, 0.2) is 48.5 Å². The first-order valence-corrected chi connectivity index (χ1v) is 13.4. The van der Waals surface area contributed by atoms with Gasteiger partial charge in [0.05, 0.1) is 6.61 Å². The number of likely N-dealkylation sites (tertiary alicyclic amines) is 1. The van der Waals surface area contributed by atoms with Gasteiger partial charge >= 0.3 is 0 Å². The van der Waals surface area contributed by atoms with Gasteiger partial charge in [-0.25, -0.2) is 4.39 Å². The van der Waals surface area contributed by atoms with Gasteiger partial charge in [0, 0.05) is 63.2 Å². The van der Waals surface area contributed by atoms with Gasteiger partial charge in [0.2, 0.25) is 5.91 Å². The van der Waals surface area contributed by atoms with E-state index in [4.69, 9.17) is 4.74 Å². The van der Waals surface area contributed by atoms with E-state index in [-0.39, 0.29) is 24.3 Å². The number of hydrogen-bond donors (Lipinski definition) is 0. The highest BCUT2D eigenvalue weighted by molar-refractivity contribution is 5.98. The number of carbonyl (C=O) groups excluding carboxylic acids is 3. The number of piperazine rings is 1. The smallest absolute Gasteiger partial charge is 0.256 e. The van der Waals surface area contributed by atoms with Crippen LogP contribution in [0.4, 0.5) is 4.39 Å². The van der Waals surface area contributed by atoms with Crippen LogP contribution in [0.1, 0.15) is 46.0 Å². The number of benzene rings is 2. The number of hydrogen-bond acceptors (Lipinski definition) is 5. The average molecular weight is 523 g/mol. The summed E-state index contributed by atoms with van der Waals surface area (Å²) < 4.78 is 19.9. The molecule has 0 aromatic heterocycles. The highest BCUT2D eigenvalue weighted by Gasteiger charge is 2.55. The van der Waals surface area contributed by atoms with Crippen LogP contribution in [-0.2, 0) is 16.0 Å².